The molecule has 6 heteroatoms. The number of esters is 2. The van der Waals surface area contributed by atoms with Crippen LogP contribution in [0.25, 0.3) is 0 Å². The molecule has 2 aromatic rings. The smallest absolute Gasteiger partial charge is 0.337 e. The first-order chi connectivity index (χ1) is 15.2. The summed E-state index contributed by atoms with van der Waals surface area (Å²) in [6.45, 7) is 7.05. The van der Waals surface area contributed by atoms with Crippen LogP contribution in [0.1, 0.15) is 55.1 Å². The van der Waals surface area contributed by atoms with Crippen LogP contribution < -0.4 is 5.32 Å². The van der Waals surface area contributed by atoms with Gasteiger partial charge in [-0.1, -0.05) is 48.5 Å². The quantitative estimate of drug-likeness (QED) is 0.541. The molecule has 1 heterocycles. The Labute approximate surface area is 187 Å². The average Bonchev–Trinajstić information content (AvgIpc) is 2.77. The molecule has 1 aliphatic rings. The summed E-state index contributed by atoms with van der Waals surface area (Å²) in [6, 6.07) is 15.9. The molecule has 0 bridgehead atoms. The van der Waals surface area contributed by atoms with Gasteiger partial charge in [0, 0.05) is 22.5 Å². The molecular weight excluding hydrogens is 406 g/mol. The normalized spacial score (nSPS) is 16.0. The van der Waals surface area contributed by atoms with Gasteiger partial charge >= 0.3 is 11.9 Å². The molecule has 166 valence electrons. The van der Waals surface area contributed by atoms with Crippen molar-refractivity contribution in [2.75, 3.05) is 7.11 Å². The van der Waals surface area contributed by atoms with Gasteiger partial charge in [0.2, 0.25) is 0 Å². The monoisotopic (exact) mass is 433 g/mol. The van der Waals surface area contributed by atoms with E-state index in [-0.39, 0.29) is 11.9 Å². The number of methoxy groups -OCH3 is 1. The van der Waals surface area contributed by atoms with Crippen LogP contribution in [0.4, 0.5) is 0 Å². The molecule has 1 aliphatic heterocycles. The molecule has 32 heavy (non-hydrogen) atoms. The summed E-state index contributed by atoms with van der Waals surface area (Å²) < 4.78 is 10.5. The zero-order valence-electron chi connectivity index (χ0n) is 18.9. The largest absolute Gasteiger partial charge is 0.466 e. The highest BCUT2D eigenvalue weighted by Gasteiger charge is 2.38. The molecule has 0 fully saturated rings. The highest BCUT2D eigenvalue weighted by atomic mass is 16.5. The van der Waals surface area contributed by atoms with E-state index in [4.69, 9.17) is 9.47 Å². The van der Waals surface area contributed by atoms with Crippen LogP contribution in [0.2, 0.25) is 0 Å². The standard InChI is InChI=1S/C26H27NO5/c1-15(2)32-26(30)22-17(4)27-16(3)21(25(29)31-5)23(22)19-12-9-13-20(14-19)24(28)18-10-7-6-8-11-18/h6-15,23,27H,1-5H3. The van der Waals surface area contributed by atoms with Crippen LogP contribution in [0.3, 0.4) is 0 Å². The number of carbonyl (C=O) groups is 3. The molecule has 6 nitrogen and oxygen atoms in total. The van der Waals surface area contributed by atoms with Gasteiger partial charge < -0.3 is 14.8 Å². The van der Waals surface area contributed by atoms with E-state index >= 15 is 0 Å². The summed E-state index contributed by atoms with van der Waals surface area (Å²) in [4.78, 5) is 38.8. The Morgan fingerprint density at radius 1 is 0.844 bits per heavy atom. The van der Waals surface area contributed by atoms with E-state index in [1.165, 1.54) is 7.11 Å². The van der Waals surface area contributed by atoms with Crippen LogP contribution >= 0.6 is 0 Å². The van der Waals surface area contributed by atoms with Crippen molar-refractivity contribution in [2.45, 2.75) is 39.7 Å². The van der Waals surface area contributed by atoms with Crippen molar-refractivity contribution in [3.05, 3.63) is 93.8 Å². The molecule has 0 radical (unpaired) electrons. The van der Waals surface area contributed by atoms with Crippen LogP contribution in [0.15, 0.2) is 77.1 Å². The van der Waals surface area contributed by atoms with Crippen LogP contribution in [0.5, 0.6) is 0 Å². The van der Waals surface area contributed by atoms with E-state index in [1.807, 2.05) is 6.07 Å². The van der Waals surface area contributed by atoms with Gasteiger partial charge in [-0.2, -0.15) is 0 Å². The lowest BCUT2D eigenvalue weighted by molar-refractivity contribution is -0.143. The predicted molar refractivity (Wildman–Crippen MR) is 121 cm³/mol. The minimum atomic E-state index is -0.738. The molecule has 0 aromatic heterocycles. The number of allylic oxidation sites excluding steroid dienone is 2. The highest BCUT2D eigenvalue weighted by Crippen LogP contribution is 2.39. The Bertz CT molecular complexity index is 1110. The van der Waals surface area contributed by atoms with E-state index in [2.05, 4.69) is 5.32 Å². The Hall–Kier alpha value is -3.67. The minimum absolute atomic E-state index is 0.145. The molecule has 3 rings (SSSR count). The Morgan fingerprint density at radius 2 is 1.44 bits per heavy atom. The highest BCUT2D eigenvalue weighted by molar-refractivity contribution is 6.09. The second-order valence-electron chi connectivity index (χ2n) is 7.90. The lowest BCUT2D eigenvalue weighted by atomic mass is 9.79. The SMILES string of the molecule is COC(=O)C1=C(C)NC(C)=C(C(=O)OC(C)C)C1c1cccc(C(=O)c2ccccc2)c1. The van der Waals surface area contributed by atoms with Gasteiger partial charge in [-0.05, 0) is 39.3 Å². The van der Waals surface area contributed by atoms with Crippen molar-refractivity contribution in [1.82, 2.24) is 5.32 Å². The van der Waals surface area contributed by atoms with Gasteiger partial charge in [0.25, 0.3) is 0 Å². The summed E-state index contributed by atoms with van der Waals surface area (Å²) in [7, 11) is 1.30. The van der Waals surface area contributed by atoms with Gasteiger partial charge in [-0.25, -0.2) is 9.59 Å². The first kappa shape index (κ1) is 23.0. The van der Waals surface area contributed by atoms with E-state index < -0.39 is 17.9 Å². The Morgan fingerprint density at radius 3 is 2.03 bits per heavy atom. The van der Waals surface area contributed by atoms with Gasteiger partial charge in [0.1, 0.15) is 0 Å². The summed E-state index contributed by atoms with van der Waals surface area (Å²) in [6.07, 6.45) is -0.331. The second-order valence-corrected chi connectivity index (χ2v) is 7.90. The fourth-order valence-corrected chi connectivity index (χ4v) is 3.87. The number of rotatable bonds is 6. The lowest BCUT2D eigenvalue weighted by Crippen LogP contribution is -2.33. The van der Waals surface area contributed by atoms with Crippen molar-refractivity contribution in [1.29, 1.82) is 0 Å². The number of benzene rings is 2. The van der Waals surface area contributed by atoms with E-state index in [0.717, 1.165) is 0 Å². The van der Waals surface area contributed by atoms with Crippen LogP contribution in [-0.4, -0.2) is 30.9 Å². The van der Waals surface area contributed by atoms with Crippen molar-refractivity contribution in [3.8, 4) is 0 Å². The third-order valence-electron chi connectivity index (χ3n) is 5.25. The molecule has 0 spiro atoms. The molecule has 0 saturated heterocycles. The van der Waals surface area contributed by atoms with Gasteiger partial charge in [-0.3, -0.25) is 4.79 Å². The fourth-order valence-electron chi connectivity index (χ4n) is 3.87. The molecular formula is C26H27NO5. The number of hydrogen-bond donors (Lipinski definition) is 1. The minimum Gasteiger partial charge on any atom is -0.466 e. The van der Waals surface area contributed by atoms with Crippen molar-refractivity contribution < 1.29 is 23.9 Å². The number of ether oxygens (including phenoxy) is 2. The first-order valence-electron chi connectivity index (χ1n) is 10.4. The molecule has 1 atom stereocenters. The van der Waals surface area contributed by atoms with Gasteiger partial charge in [0.05, 0.1) is 30.3 Å². The summed E-state index contributed by atoms with van der Waals surface area (Å²) in [5.41, 5.74) is 3.44. The zero-order valence-corrected chi connectivity index (χ0v) is 18.9. The van der Waals surface area contributed by atoms with Gasteiger partial charge in [-0.15, -0.1) is 0 Å². The number of dihydropyridines is 1. The predicted octanol–water partition coefficient (Wildman–Crippen LogP) is 4.28. The molecule has 0 aliphatic carbocycles. The van der Waals surface area contributed by atoms with E-state index in [0.29, 0.717) is 39.2 Å². The van der Waals surface area contributed by atoms with Crippen LogP contribution in [0, 0.1) is 0 Å². The Balaban J connectivity index is 2.15. The maximum Gasteiger partial charge on any atom is 0.337 e. The maximum absolute atomic E-state index is 13.0. The summed E-state index contributed by atoms with van der Waals surface area (Å²) in [5, 5.41) is 3.10. The first-order valence-corrected chi connectivity index (χ1v) is 10.4. The number of hydrogen-bond acceptors (Lipinski definition) is 6. The number of ketones is 1. The summed E-state index contributed by atoms with van der Waals surface area (Å²) >= 11 is 0. The van der Waals surface area contributed by atoms with Crippen molar-refractivity contribution >= 4 is 17.7 Å². The third-order valence-corrected chi connectivity index (χ3v) is 5.25. The van der Waals surface area contributed by atoms with Crippen molar-refractivity contribution in [3.63, 3.8) is 0 Å². The van der Waals surface area contributed by atoms with E-state index in [1.54, 1.807) is 76.2 Å². The Kier molecular flexibility index (Phi) is 6.93. The van der Waals surface area contributed by atoms with Crippen LogP contribution in [-0.2, 0) is 19.1 Å². The molecule has 1 N–H and O–H groups in total. The number of carbonyl (C=O) groups excluding carboxylic acids is 3. The molecule has 0 amide bonds. The average molecular weight is 434 g/mol. The molecule has 1 unspecified atom stereocenters. The maximum atomic E-state index is 13.0. The third kappa shape index (κ3) is 4.64. The fraction of sp³-hybridized carbons (Fsp3) is 0.269. The zero-order chi connectivity index (χ0) is 23.4. The van der Waals surface area contributed by atoms with E-state index in [9.17, 15) is 14.4 Å². The van der Waals surface area contributed by atoms with Crippen molar-refractivity contribution in [2.24, 2.45) is 0 Å². The summed E-state index contributed by atoms with van der Waals surface area (Å²) in [5.74, 6) is -1.96. The topological polar surface area (TPSA) is 81.7 Å². The number of nitrogens with one attached hydrogen (secondary N) is 1. The second kappa shape index (κ2) is 9.64. The molecule has 0 saturated carbocycles. The molecule has 2 aromatic carbocycles. The lowest BCUT2D eigenvalue weighted by Gasteiger charge is -2.30. The van der Waals surface area contributed by atoms with Gasteiger partial charge in [0.15, 0.2) is 5.78 Å².